The Hall–Kier alpha value is -1.98. The van der Waals surface area contributed by atoms with Gasteiger partial charge in [0.15, 0.2) is 0 Å². The van der Waals surface area contributed by atoms with Crippen molar-refractivity contribution < 1.29 is 18.8 Å². The van der Waals surface area contributed by atoms with Gasteiger partial charge < -0.3 is 20.5 Å². The molecule has 0 aromatic heterocycles. The first kappa shape index (κ1) is 18.8. The SMILES string of the molecule is NCC(c1ccccc1)(c1ccccc1)P(=O)(O)OC(=O)[C@@H]1CCCN1. The number of hydrogen-bond donors (Lipinski definition) is 3. The zero-order valence-electron chi connectivity index (χ0n) is 14.4. The van der Waals surface area contributed by atoms with Gasteiger partial charge in [0.05, 0.1) is 0 Å². The maximum Gasteiger partial charge on any atom is 0.394 e. The molecule has 1 saturated heterocycles. The van der Waals surface area contributed by atoms with Gasteiger partial charge in [-0.3, -0.25) is 4.79 Å². The molecule has 0 spiro atoms. The summed E-state index contributed by atoms with van der Waals surface area (Å²) in [5.41, 5.74) is 7.12. The van der Waals surface area contributed by atoms with E-state index in [2.05, 4.69) is 5.32 Å². The molecule has 1 heterocycles. The summed E-state index contributed by atoms with van der Waals surface area (Å²) in [5, 5.41) is 1.47. The fraction of sp³-hybridized carbons (Fsp3) is 0.316. The van der Waals surface area contributed by atoms with Gasteiger partial charge in [-0.2, -0.15) is 0 Å². The summed E-state index contributed by atoms with van der Waals surface area (Å²) in [7, 11) is -4.50. The van der Waals surface area contributed by atoms with Crippen LogP contribution in [0.4, 0.5) is 0 Å². The third kappa shape index (κ3) is 3.33. The van der Waals surface area contributed by atoms with Crippen LogP contribution in [0.3, 0.4) is 0 Å². The molecule has 1 aliphatic heterocycles. The van der Waals surface area contributed by atoms with Crippen LogP contribution in [-0.4, -0.2) is 30.0 Å². The molecule has 1 fully saturated rings. The van der Waals surface area contributed by atoms with Crippen LogP contribution >= 0.6 is 7.60 Å². The van der Waals surface area contributed by atoms with Crippen LogP contribution < -0.4 is 11.1 Å². The lowest BCUT2D eigenvalue weighted by Crippen LogP contribution is -2.39. The number of nitrogens with one attached hydrogen (secondary N) is 1. The number of hydrogen-bond acceptors (Lipinski definition) is 5. The number of nitrogens with two attached hydrogens (primary N) is 1. The van der Waals surface area contributed by atoms with Crippen LogP contribution in [0.15, 0.2) is 60.7 Å². The highest BCUT2D eigenvalue weighted by Crippen LogP contribution is 2.64. The Balaban J connectivity index is 2.07. The van der Waals surface area contributed by atoms with Crippen LogP contribution in [0.1, 0.15) is 24.0 Å². The summed E-state index contributed by atoms with van der Waals surface area (Å²) in [5.74, 6) is -0.710. The molecule has 0 bridgehead atoms. The highest BCUT2D eigenvalue weighted by Gasteiger charge is 2.53. The monoisotopic (exact) mass is 374 g/mol. The Morgan fingerprint density at radius 2 is 1.69 bits per heavy atom. The molecule has 7 heteroatoms. The maximum absolute atomic E-state index is 13.4. The summed E-state index contributed by atoms with van der Waals surface area (Å²) in [6, 6.07) is 17.0. The zero-order chi connectivity index (χ0) is 18.6. The minimum absolute atomic E-state index is 0.180. The molecular formula is C19H23N2O4P. The predicted octanol–water partition coefficient (Wildman–Crippen LogP) is 2.37. The molecule has 138 valence electrons. The third-order valence-corrected chi connectivity index (χ3v) is 6.93. The highest BCUT2D eigenvalue weighted by atomic mass is 31.2. The van der Waals surface area contributed by atoms with Gasteiger partial charge in [0.2, 0.25) is 0 Å². The van der Waals surface area contributed by atoms with E-state index in [1.807, 2.05) is 12.1 Å². The van der Waals surface area contributed by atoms with Crippen molar-refractivity contribution >= 4 is 13.6 Å². The highest BCUT2D eigenvalue weighted by molar-refractivity contribution is 7.55. The molecule has 0 aliphatic carbocycles. The number of rotatable bonds is 6. The van der Waals surface area contributed by atoms with E-state index in [1.165, 1.54) is 0 Å². The van der Waals surface area contributed by atoms with Crippen molar-refractivity contribution in [1.82, 2.24) is 5.32 Å². The van der Waals surface area contributed by atoms with E-state index in [0.29, 0.717) is 24.1 Å². The van der Waals surface area contributed by atoms with Crippen LogP contribution in [0, 0.1) is 0 Å². The zero-order valence-corrected chi connectivity index (χ0v) is 15.3. The van der Waals surface area contributed by atoms with Crippen LogP contribution in [0.5, 0.6) is 0 Å². The Kier molecular flexibility index (Phi) is 5.58. The summed E-state index contributed by atoms with van der Waals surface area (Å²) in [4.78, 5) is 23.4. The molecule has 2 atom stereocenters. The second-order valence-electron chi connectivity index (χ2n) is 6.38. The smallest absolute Gasteiger partial charge is 0.390 e. The van der Waals surface area contributed by atoms with Crippen LogP contribution in [0.2, 0.25) is 0 Å². The molecule has 26 heavy (non-hydrogen) atoms. The first-order valence-electron chi connectivity index (χ1n) is 8.62. The van der Waals surface area contributed by atoms with Gasteiger partial charge in [0.25, 0.3) is 0 Å². The van der Waals surface area contributed by atoms with Gasteiger partial charge >= 0.3 is 13.6 Å². The van der Waals surface area contributed by atoms with E-state index in [4.69, 9.17) is 10.3 Å². The second kappa shape index (κ2) is 7.72. The van der Waals surface area contributed by atoms with Crippen molar-refractivity contribution in [3.63, 3.8) is 0 Å². The van der Waals surface area contributed by atoms with Gasteiger partial charge in [-0.25, -0.2) is 4.57 Å². The van der Waals surface area contributed by atoms with E-state index >= 15 is 0 Å². The second-order valence-corrected chi connectivity index (χ2v) is 8.36. The molecule has 0 saturated carbocycles. The Morgan fingerprint density at radius 3 is 2.12 bits per heavy atom. The Bertz CT molecular complexity index is 752. The molecule has 0 amide bonds. The number of benzene rings is 2. The van der Waals surface area contributed by atoms with E-state index in [-0.39, 0.29) is 6.54 Å². The van der Waals surface area contributed by atoms with Gasteiger partial charge in [0.1, 0.15) is 11.2 Å². The molecule has 4 N–H and O–H groups in total. The fourth-order valence-electron chi connectivity index (χ4n) is 3.42. The summed E-state index contributed by atoms with van der Waals surface area (Å²) >= 11 is 0. The normalized spacial score (nSPS) is 19.7. The fourth-order valence-corrected chi connectivity index (χ4v) is 5.13. The van der Waals surface area contributed by atoms with E-state index in [1.54, 1.807) is 48.5 Å². The molecule has 1 aliphatic rings. The standard InChI is InChI=1S/C19H23N2O4P/c20-14-19(15-8-3-1-4-9-15,16-10-5-2-6-11-16)26(23,24)25-18(22)17-12-7-13-21-17/h1-6,8-11,17,21H,7,12-14,20H2,(H,23,24)/t17-/m0/s1. The van der Waals surface area contributed by atoms with E-state index < -0.39 is 24.8 Å². The molecule has 2 aromatic rings. The van der Waals surface area contributed by atoms with Crippen molar-refractivity contribution in [2.24, 2.45) is 5.73 Å². The molecule has 0 radical (unpaired) electrons. The minimum Gasteiger partial charge on any atom is -0.390 e. The Labute approximate surface area is 152 Å². The van der Waals surface area contributed by atoms with E-state index in [9.17, 15) is 14.3 Å². The van der Waals surface area contributed by atoms with Crippen LogP contribution in [-0.2, 0) is 19.0 Å². The molecule has 3 rings (SSSR count). The number of carbonyl (C=O) groups is 1. The number of carbonyl (C=O) groups excluding carboxylic acids is 1. The van der Waals surface area contributed by atoms with E-state index in [0.717, 1.165) is 6.42 Å². The minimum atomic E-state index is -4.50. The van der Waals surface area contributed by atoms with Crippen molar-refractivity contribution in [3.8, 4) is 0 Å². The summed E-state index contributed by atoms with van der Waals surface area (Å²) in [6.07, 6.45) is 1.42. The third-order valence-electron chi connectivity index (χ3n) is 4.84. The quantitative estimate of drug-likeness (QED) is 0.671. The lowest BCUT2D eigenvalue weighted by molar-refractivity contribution is -0.137. The van der Waals surface area contributed by atoms with Gasteiger partial charge in [0, 0.05) is 6.54 Å². The average molecular weight is 374 g/mol. The van der Waals surface area contributed by atoms with Crippen molar-refractivity contribution in [3.05, 3.63) is 71.8 Å². The van der Waals surface area contributed by atoms with Crippen LogP contribution in [0.25, 0.3) is 0 Å². The molecule has 6 nitrogen and oxygen atoms in total. The Morgan fingerprint density at radius 1 is 1.15 bits per heavy atom. The largest absolute Gasteiger partial charge is 0.394 e. The lowest BCUT2D eigenvalue weighted by Gasteiger charge is -2.36. The van der Waals surface area contributed by atoms with Crippen molar-refractivity contribution in [1.29, 1.82) is 0 Å². The van der Waals surface area contributed by atoms with Crippen molar-refractivity contribution in [2.75, 3.05) is 13.1 Å². The maximum atomic E-state index is 13.4. The average Bonchev–Trinajstić information content (AvgIpc) is 3.19. The molecule has 2 aromatic carbocycles. The summed E-state index contributed by atoms with van der Waals surface area (Å²) < 4.78 is 18.7. The molecule has 1 unspecified atom stereocenters. The van der Waals surface area contributed by atoms with Gasteiger partial charge in [-0.05, 0) is 30.5 Å². The van der Waals surface area contributed by atoms with Gasteiger partial charge in [-0.15, -0.1) is 0 Å². The lowest BCUT2D eigenvalue weighted by atomic mass is 9.90. The first-order chi connectivity index (χ1) is 12.5. The van der Waals surface area contributed by atoms with Gasteiger partial charge in [-0.1, -0.05) is 60.7 Å². The van der Waals surface area contributed by atoms with Crippen molar-refractivity contribution in [2.45, 2.75) is 24.0 Å². The summed E-state index contributed by atoms with van der Waals surface area (Å²) in [6.45, 7) is 0.509. The first-order valence-corrected chi connectivity index (χ1v) is 10.2. The molecular weight excluding hydrogens is 351 g/mol. The predicted molar refractivity (Wildman–Crippen MR) is 99.7 cm³/mol. The topological polar surface area (TPSA) is 102 Å².